The first-order chi connectivity index (χ1) is 14.1. The Kier molecular flexibility index (Phi) is 4.14. The van der Waals surface area contributed by atoms with Crippen molar-refractivity contribution in [1.29, 1.82) is 0 Å². The van der Waals surface area contributed by atoms with Gasteiger partial charge in [0.05, 0.1) is 35.2 Å². The number of carbonyl (C=O) groups is 1. The molecule has 7 heteroatoms. The molecule has 2 aromatic heterocycles. The number of nitrogens with one attached hydrogen (secondary N) is 1. The lowest BCUT2D eigenvalue weighted by atomic mass is 10.1. The van der Waals surface area contributed by atoms with Crippen LogP contribution >= 0.6 is 11.6 Å². The van der Waals surface area contributed by atoms with E-state index in [2.05, 4.69) is 19.9 Å². The number of rotatable bonds is 2. The van der Waals surface area contributed by atoms with Gasteiger partial charge in [0, 0.05) is 16.9 Å². The number of hydrogen-bond acceptors (Lipinski definition) is 4. The van der Waals surface area contributed by atoms with E-state index in [1.165, 1.54) is 0 Å². The molecule has 0 aliphatic carbocycles. The molecular formula is C22H16ClN5O. The molecule has 0 radical (unpaired) electrons. The zero-order chi connectivity index (χ0) is 20.0. The third-order valence-electron chi connectivity index (χ3n) is 4.96. The van der Waals surface area contributed by atoms with Gasteiger partial charge in [-0.15, -0.1) is 0 Å². The molecule has 1 amide bonds. The molecule has 29 heavy (non-hydrogen) atoms. The van der Waals surface area contributed by atoms with Crippen molar-refractivity contribution in [3.63, 3.8) is 0 Å². The van der Waals surface area contributed by atoms with Gasteiger partial charge in [-0.2, -0.15) is 0 Å². The first-order valence-electron chi connectivity index (χ1n) is 9.15. The Balaban J connectivity index is 1.54. The summed E-state index contributed by atoms with van der Waals surface area (Å²) in [4.78, 5) is 25.8. The summed E-state index contributed by atoms with van der Waals surface area (Å²) in [6.07, 6.45) is 3.53. The van der Waals surface area contributed by atoms with E-state index in [9.17, 15) is 4.79 Å². The fourth-order valence-electron chi connectivity index (χ4n) is 3.58. The zero-order valence-corrected chi connectivity index (χ0v) is 16.3. The number of fused-ring (bicyclic) bond motifs is 2. The average Bonchev–Trinajstić information content (AvgIpc) is 2.98. The van der Waals surface area contributed by atoms with Crippen molar-refractivity contribution in [1.82, 2.24) is 19.9 Å². The first kappa shape index (κ1) is 17.6. The van der Waals surface area contributed by atoms with Crippen LogP contribution in [0.25, 0.3) is 16.7 Å². The number of carbonyl (C=O) groups excluding carboxylic acids is 1. The summed E-state index contributed by atoms with van der Waals surface area (Å²) in [5, 5.41) is 3.42. The summed E-state index contributed by atoms with van der Waals surface area (Å²) < 4.78 is 2.09. The Morgan fingerprint density at radius 2 is 1.93 bits per heavy atom. The van der Waals surface area contributed by atoms with E-state index in [1.54, 1.807) is 30.6 Å². The minimum atomic E-state index is -0.174. The third-order valence-corrected chi connectivity index (χ3v) is 5.19. The van der Waals surface area contributed by atoms with Gasteiger partial charge in [-0.25, -0.2) is 4.98 Å². The Hall–Kier alpha value is -3.51. The zero-order valence-electron chi connectivity index (χ0n) is 15.6. The molecule has 0 saturated heterocycles. The molecule has 142 valence electrons. The van der Waals surface area contributed by atoms with Crippen LogP contribution in [0.3, 0.4) is 0 Å². The Labute approximate surface area is 171 Å². The van der Waals surface area contributed by atoms with Crippen molar-refractivity contribution in [3.8, 4) is 5.69 Å². The molecule has 5 rings (SSSR count). The van der Waals surface area contributed by atoms with E-state index in [0.717, 1.165) is 33.8 Å². The lowest BCUT2D eigenvalue weighted by Gasteiger charge is -2.09. The molecule has 2 aromatic carbocycles. The minimum Gasteiger partial charge on any atom is -0.346 e. The van der Waals surface area contributed by atoms with Crippen molar-refractivity contribution in [3.05, 3.63) is 82.9 Å². The Morgan fingerprint density at radius 1 is 1.10 bits per heavy atom. The second kappa shape index (κ2) is 6.83. The normalized spacial score (nSPS) is 13.6. The number of halogens is 1. The van der Waals surface area contributed by atoms with Gasteiger partial charge < -0.3 is 5.32 Å². The summed E-state index contributed by atoms with van der Waals surface area (Å²) in [5.74, 6) is 0.720. The molecule has 1 aliphatic heterocycles. The number of nitrogens with zero attached hydrogens (tertiary/aromatic N) is 4. The van der Waals surface area contributed by atoms with E-state index in [4.69, 9.17) is 16.6 Å². The molecule has 1 N–H and O–H groups in total. The molecule has 0 atom stereocenters. The van der Waals surface area contributed by atoms with E-state index >= 15 is 0 Å². The standard InChI is InChI=1S/C22H16ClN5O/c1-13-26-20-11-24-9-8-21(20)28(13)16-5-2-14(3-6-16)19-12-25-22(29)17-10-15(23)4-7-18(17)27-19/h2-11H,12H2,1H3,(H,25,29). The number of benzene rings is 2. The van der Waals surface area contributed by atoms with Crippen LogP contribution in [0.4, 0.5) is 5.69 Å². The summed E-state index contributed by atoms with van der Waals surface area (Å²) in [5.41, 5.74) is 5.72. The number of aryl methyl sites for hydroxylation is 1. The smallest absolute Gasteiger partial charge is 0.253 e. The van der Waals surface area contributed by atoms with Gasteiger partial charge in [0.2, 0.25) is 0 Å². The first-order valence-corrected chi connectivity index (χ1v) is 9.53. The van der Waals surface area contributed by atoms with Crippen LogP contribution in [0.1, 0.15) is 21.7 Å². The number of aromatic nitrogens is 3. The highest BCUT2D eigenvalue weighted by Gasteiger charge is 2.18. The van der Waals surface area contributed by atoms with Crippen LogP contribution in [0.15, 0.2) is 65.9 Å². The second-order valence-corrected chi connectivity index (χ2v) is 7.24. The van der Waals surface area contributed by atoms with Crippen LogP contribution in [0, 0.1) is 6.92 Å². The summed E-state index contributed by atoms with van der Waals surface area (Å²) in [7, 11) is 0. The van der Waals surface area contributed by atoms with Crippen LogP contribution in [0.2, 0.25) is 5.02 Å². The molecule has 4 aromatic rings. The van der Waals surface area contributed by atoms with Gasteiger partial charge in [-0.3, -0.25) is 19.3 Å². The van der Waals surface area contributed by atoms with Crippen LogP contribution in [-0.2, 0) is 0 Å². The van der Waals surface area contributed by atoms with Gasteiger partial charge in [-0.1, -0.05) is 23.7 Å². The maximum absolute atomic E-state index is 12.3. The van der Waals surface area contributed by atoms with Gasteiger partial charge in [-0.05, 0) is 48.9 Å². The fourth-order valence-corrected chi connectivity index (χ4v) is 3.75. The molecule has 0 bridgehead atoms. The van der Waals surface area contributed by atoms with Gasteiger partial charge >= 0.3 is 0 Å². The van der Waals surface area contributed by atoms with Crippen LogP contribution < -0.4 is 5.32 Å². The third kappa shape index (κ3) is 3.07. The lowest BCUT2D eigenvalue weighted by molar-refractivity contribution is 0.0961. The molecule has 0 unspecified atom stereocenters. The summed E-state index contributed by atoms with van der Waals surface area (Å²) in [6.45, 7) is 2.32. The molecule has 3 heterocycles. The van der Waals surface area contributed by atoms with Gasteiger partial charge in [0.25, 0.3) is 5.91 Å². The number of amides is 1. The van der Waals surface area contributed by atoms with Crippen molar-refractivity contribution in [2.75, 3.05) is 6.54 Å². The molecule has 1 aliphatic rings. The molecule has 0 fully saturated rings. The highest BCUT2D eigenvalue weighted by Crippen LogP contribution is 2.26. The highest BCUT2D eigenvalue weighted by molar-refractivity contribution is 6.31. The van der Waals surface area contributed by atoms with Crippen molar-refractivity contribution in [2.24, 2.45) is 4.99 Å². The van der Waals surface area contributed by atoms with Gasteiger partial charge in [0.15, 0.2) is 0 Å². The number of pyridine rings is 1. The minimum absolute atomic E-state index is 0.174. The average molecular weight is 402 g/mol. The fraction of sp³-hybridized carbons (Fsp3) is 0.0909. The van der Waals surface area contributed by atoms with Crippen LogP contribution in [0.5, 0.6) is 0 Å². The predicted molar refractivity (Wildman–Crippen MR) is 114 cm³/mol. The van der Waals surface area contributed by atoms with Crippen LogP contribution in [-0.4, -0.2) is 32.7 Å². The molecule has 6 nitrogen and oxygen atoms in total. The molecule has 0 saturated carbocycles. The predicted octanol–water partition coefficient (Wildman–Crippen LogP) is 4.25. The Bertz CT molecular complexity index is 1290. The van der Waals surface area contributed by atoms with Crippen molar-refractivity contribution < 1.29 is 4.79 Å². The Morgan fingerprint density at radius 3 is 2.76 bits per heavy atom. The van der Waals surface area contributed by atoms with E-state index in [1.807, 2.05) is 37.3 Å². The SMILES string of the molecule is Cc1nc2cnccc2n1-c1ccc(C2=Nc3ccc(Cl)cc3C(=O)NC2)cc1. The number of aliphatic imine (C=N–C) groups is 1. The van der Waals surface area contributed by atoms with E-state index in [0.29, 0.717) is 22.8 Å². The van der Waals surface area contributed by atoms with Gasteiger partial charge in [0.1, 0.15) is 11.3 Å². The van der Waals surface area contributed by atoms with E-state index in [-0.39, 0.29) is 5.91 Å². The van der Waals surface area contributed by atoms with E-state index < -0.39 is 0 Å². The highest BCUT2D eigenvalue weighted by atomic mass is 35.5. The van der Waals surface area contributed by atoms with Crippen molar-refractivity contribution >= 4 is 39.9 Å². The maximum atomic E-state index is 12.3. The lowest BCUT2D eigenvalue weighted by Crippen LogP contribution is -2.28. The largest absolute Gasteiger partial charge is 0.346 e. The summed E-state index contributed by atoms with van der Waals surface area (Å²) in [6, 6.07) is 15.2. The topological polar surface area (TPSA) is 72.2 Å². The van der Waals surface area contributed by atoms with Crippen molar-refractivity contribution in [2.45, 2.75) is 6.92 Å². The number of imidazole rings is 1. The maximum Gasteiger partial charge on any atom is 0.253 e. The monoisotopic (exact) mass is 401 g/mol. The molecular weight excluding hydrogens is 386 g/mol. The summed E-state index contributed by atoms with van der Waals surface area (Å²) >= 11 is 6.03. The number of hydrogen-bond donors (Lipinski definition) is 1. The molecule has 0 spiro atoms. The second-order valence-electron chi connectivity index (χ2n) is 6.81. The quantitative estimate of drug-likeness (QED) is 0.545.